The normalized spacial score (nSPS) is 12.6. The van der Waals surface area contributed by atoms with E-state index in [0.29, 0.717) is 58.3 Å². The second-order valence-electron chi connectivity index (χ2n) is 7.66. The number of carbonyl (C=O) groups excluding carboxylic acids is 2. The van der Waals surface area contributed by atoms with Crippen LogP contribution in [0.3, 0.4) is 0 Å². The van der Waals surface area contributed by atoms with Gasteiger partial charge in [0.2, 0.25) is 5.91 Å². The number of nitrogens with one attached hydrogen (secondary N) is 1. The third kappa shape index (κ3) is 16.5. The van der Waals surface area contributed by atoms with Gasteiger partial charge in [-0.25, -0.2) is 9.59 Å². The third-order valence-corrected chi connectivity index (χ3v) is 4.70. The lowest BCUT2D eigenvalue weighted by Crippen LogP contribution is -2.46. The van der Waals surface area contributed by atoms with E-state index in [1.165, 1.54) is 4.90 Å². The molecule has 32 heavy (non-hydrogen) atoms. The van der Waals surface area contributed by atoms with Crippen molar-refractivity contribution in [3.8, 4) is 0 Å². The second-order valence-corrected chi connectivity index (χ2v) is 7.66. The second kappa shape index (κ2) is 19.5. The minimum absolute atomic E-state index is 0.0482. The van der Waals surface area contributed by atoms with E-state index in [2.05, 4.69) is 10.1 Å². The van der Waals surface area contributed by atoms with Gasteiger partial charge in [0.25, 0.3) is 0 Å². The first-order valence-corrected chi connectivity index (χ1v) is 11.3. The number of rotatable bonds is 19. The van der Waals surface area contributed by atoms with E-state index in [-0.39, 0.29) is 25.8 Å². The summed E-state index contributed by atoms with van der Waals surface area (Å²) >= 11 is 0. The number of amides is 2. The molecule has 188 valence electrons. The summed E-state index contributed by atoms with van der Waals surface area (Å²) in [5.41, 5.74) is 22.4. The molecule has 0 rings (SSSR count). The summed E-state index contributed by atoms with van der Waals surface area (Å²) in [5.74, 6) is -0.436. The van der Waals surface area contributed by atoms with Crippen molar-refractivity contribution in [3.05, 3.63) is 0 Å². The maximum absolute atomic E-state index is 12.5. The highest BCUT2D eigenvalue weighted by molar-refractivity contribution is 5.82. The highest BCUT2D eigenvalue weighted by Crippen LogP contribution is 2.05. The highest BCUT2D eigenvalue weighted by atomic mass is 16.7. The first kappa shape index (κ1) is 29.9. The topological polar surface area (TPSA) is 209 Å². The highest BCUT2D eigenvalue weighted by Gasteiger charge is 2.21. The number of nitrogens with two attached hydrogens (primary N) is 4. The van der Waals surface area contributed by atoms with Crippen LogP contribution >= 0.6 is 0 Å². The van der Waals surface area contributed by atoms with Crippen LogP contribution in [0.25, 0.3) is 0 Å². The molecule has 0 aromatic carbocycles. The maximum atomic E-state index is 12.5. The molecule has 0 fully saturated rings. The van der Waals surface area contributed by atoms with Crippen molar-refractivity contribution in [2.24, 2.45) is 22.9 Å². The number of carbonyl (C=O) groups is 3. The van der Waals surface area contributed by atoms with Gasteiger partial charge in [-0.2, -0.15) is 0 Å². The molecule has 0 aliphatic carbocycles. The number of ether oxygens (including phenoxy) is 2. The molecular weight excluding hydrogens is 420 g/mol. The Kier molecular flexibility index (Phi) is 18.2. The Morgan fingerprint density at radius 1 is 0.844 bits per heavy atom. The molecule has 0 saturated carbocycles. The molecule has 0 aromatic heterocycles. The van der Waals surface area contributed by atoms with Gasteiger partial charge in [-0.05, 0) is 58.2 Å². The molecule has 10 N–H and O–H groups in total. The van der Waals surface area contributed by atoms with Crippen LogP contribution in [0.15, 0.2) is 0 Å². The zero-order valence-corrected chi connectivity index (χ0v) is 19.0. The molecule has 0 aliphatic heterocycles. The molecule has 0 aliphatic rings. The van der Waals surface area contributed by atoms with Crippen molar-refractivity contribution >= 4 is 18.2 Å². The first-order valence-electron chi connectivity index (χ1n) is 11.3. The van der Waals surface area contributed by atoms with E-state index in [1.54, 1.807) is 0 Å². The van der Waals surface area contributed by atoms with Gasteiger partial charge >= 0.3 is 12.2 Å². The maximum Gasteiger partial charge on any atom is 0.505 e. The summed E-state index contributed by atoms with van der Waals surface area (Å²) in [6.45, 7) is 1.49. The Bertz CT molecular complexity index is 525. The van der Waals surface area contributed by atoms with Crippen LogP contribution in [0.1, 0.15) is 51.4 Å². The van der Waals surface area contributed by atoms with Crippen molar-refractivity contribution in [3.63, 3.8) is 0 Å². The minimum Gasteiger partial charge on any atom is -0.450 e. The van der Waals surface area contributed by atoms with Gasteiger partial charge in [0, 0.05) is 12.6 Å². The van der Waals surface area contributed by atoms with Crippen LogP contribution in [0, 0.1) is 0 Å². The van der Waals surface area contributed by atoms with E-state index in [0.717, 1.165) is 19.3 Å². The average molecular weight is 463 g/mol. The number of unbranched alkanes of at least 4 members (excludes halogenated alkanes) is 3. The van der Waals surface area contributed by atoms with Crippen molar-refractivity contribution in [2.75, 3.05) is 45.9 Å². The van der Waals surface area contributed by atoms with E-state index in [9.17, 15) is 14.4 Å². The van der Waals surface area contributed by atoms with Gasteiger partial charge < -0.3 is 42.8 Å². The predicted molar refractivity (Wildman–Crippen MR) is 121 cm³/mol. The molecule has 12 nitrogen and oxygen atoms in total. The van der Waals surface area contributed by atoms with Crippen LogP contribution in [-0.4, -0.2) is 86.2 Å². The van der Waals surface area contributed by atoms with Crippen molar-refractivity contribution < 1.29 is 29.0 Å². The Labute approximate surface area is 190 Å². The molecule has 0 spiro atoms. The van der Waals surface area contributed by atoms with Gasteiger partial charge in [0.05, 0.1) is 6.04 Å². The van der Waals surface area contributed by atoms with E-state index in [4.69, 9.17) is 32.8 Å². The van der Waals surface area contributed by atoms with E-state index < -0.39 is 24.2 Å². The number of hydrogen-bond donors (Lipinski definition) is 6. The lowest BCUT2D eigenvalue weighted by Gasteiger charge is -2.24. The lowest BCUT2D eigenvalue weighted by atomic mass is 10.1. The smallest absolute Gasteiger partial charge is 0.450 e. The summed E-state index contributed by atoms with van der Waals surface area (Å²) in [6, 6.07) is -0.812. The standard InChI is InChI=1S/C20H42N6O6/c21-9-3-1-7-16(24)14-31-19(28)26(12-6-5-11-23)13-18(27)25-17(8-2-4-10-22)15-32-20(29)30/h16-17H,1-15,21-24H2,(H,25,27)(H,29,30)/t16-,17-/m1/s1. The van der Waals surface area contributed by atoms with Crippen LogP contribution < -0.4 is 28.3 Å². The Morgan fingerprint density at radius 3 is 2.03 bits per heavy atom. The van der Waals surface area contributed by atoms with Crippen LogP contribution in [0.4, 0.5) is 9.59 Å². The Balaban J connectivity index is 4.79. The summed E-state index contributed by atoms with van der Waals surface area (Å²) in [6.07, 6.45) is 3.59. The first-order chi connectivity index (χ1) is 15.3. The van der Waals surface area contributed by atoms with E-state index >= 15 is 0 Å². The fourth-order valence-corrected chi connectivity index (χ4v) is 2.94. The van der Waals surface area contributed by atoms with Gasteiger partial charge in [0.1, 0.15) is 19.8 Å². The zero-order valence-electron chi connectivity index (χ0n) is 19.0. The summed E-state index contributed by atoms with van der Waals surface area (Å²) in [7, 11) is 0. The average Bonchev–Trinajstić information content (AvgIpc) is 2.75. The monoisotopic (exact) mass is 462 g/mol. The minimum atomic E-state index is -1.42. The Hall–Kier alpha value is -2.15. The van der Waals surface area contributed by atoms with Gasteiger partial charge in [-0.1, -0.05) is 12.8 Å². The SMILES string of the molecule is NCCCC[C@@H](N)COC(=O)N(CCCCN)CC(=O)N[C@H](CCCCN)COC(=O)O. The number of hydrogen-bond acceptors (Lipinski definition) is 9. The molecule has 12 heteroatoms. The van der Waals surface area contributed by atoms with E-state index in [1.807, 2.05) is 0 Å². The van der Waals surface area contributed by atoms with Crippen molar-refractivity contribution in [1.82, 2.24) is 10.2 Å². The fourth-order valence-electron chi connectivity index (χ4n) is 2.94. The van der Waals surface area contributed by atoms with Crippen LogP contribution in [0.5, 0.6) is 0 Å². The molecule has 0 aromatic rings. The summed E-state index contributed by atoms with van der Waals surface area (Å²) in [5, 5.41) is 11.5. The van der Waals surface area contributed by atoms with Gasteiger partial charge in [-0.3, -0.25) is 9.69 Å². The van der Waals surface area contributed by atoms with Crippen LogP contribution in [-0.2, 0) is 14.3 Å². The molecule has 0 bridgehead atoms. The van der Waals surface area contributed by atoms with Crippen molar-refractivity contribution in [2.45, 2.75) is 63.5 Å². The Morgan fingerprint density at radius 2 is 1.44 bits per heavy atom. The molecule has 0 unspecified atom stereocenters. The quantitative estimate of drug-likeness (QED) is 0.111. The predicted octanol–water partition coefficient (Wildman–Crippen LogP) is -0.0714. The molecule has 2 amide bonds. The lowest BCUT2D eigenvalue weighted by molar-refractivity contribution is -0.123. The molecule has 0 saturated heterocycles. The summed E-state index contributed by atoms with van der Waals surface area (Å²) < 4.78 is 9.90. The summed E-state index contributed by atoms with van der Waals surface area (Å²) in [4.78, 5) is 37.1. The molecular formula is C20H42N6O6. The van der Waals surface area contributed by atoms with Crippen molar-refractivity contribution in [1.29, 1.82) is 0 Å². The van der Waals surface area contributed by atoms with Gasteiger partial charge in [0.15, 0.2) is 0 Å². The number of nitrogens with zero attached hydrogens (tertiary/aromatic N) is 1. The van der Waals surface area contributed by atoms with Gasteiger partial charge in [-0.15, -0.1) is 0 Å². The number of carboxylic acid groups (broad SMARTS) is 1. The van der Waals surface area contributed by atoms with Crippen LogP contribution in [0.2, 0.25) is 0 Å². The molecule has 0 radical (unpaired) electrons. The molecule has 2 atom stereocenters. The third-order valence-electron chi connectivity index (χ3n) is 4.70. The zero-order chi connectivity index (χ0) is 24.2. The largest absolute Gasteiger partial charge is 0.505 e. The molecule has 0 heterocycles. The fraction of sp³-hybridized carbons (Fsp3) is 0.850.